The Morgan fingerprint density at radius 1 is 1.14 bits per heavy atom. The number of benzene rings is 2. The molecule has 4 aromatic rings. The van der Waals surface area contributed by atoms with Crippen molar-refractivity contribution in [2.45, 2.75) is 25.3 Å². The molecular formula is C22H22N5S2+. The van der Waals surface area contributed by atoms with Gasteiger partial charge in [0, 0.05) is 17.5 Å². The molecule has 0 bridgehead atoms. The molecule has 29 heavy (non-hydrogen) atoms. The molecule has 2 aromatic carbocycles. The minimum Gasteiger partial charge on any atom is -0.335 e. The number of fused-ring (bicyclic) bond motifs is 4. The SMILES string of the molecule is CCN1/C(=C/C=C\c2n(C)c3ccc4nnsc4c3[n+]2CC)Sc2ccccc21. The van der Waals surface area contributed by atoms with Crippen molar-refractivity contribution < 1.29 is 4.57 Å². The van der Waals surface area contributed by atoms with Crippen LogP contribution in [0.2, 0.25) is 0 Å². The smallest absolute Gasteiger partial charge is 0.282 e. The maximum atomic E-state index is 4.25. The van der Waals surface area contributed by atoms with Crippen LogP contribution in [0.15, 0.2) is 58.5 Å². The van der Waals surface area contributed by atoms with E-state index in [4.69, 9.17) is 0 Å². The molecule has 0 N–H and O–H groups in total. The zero-order valence-electron chi connectivity index (χ0n) is 16.7. The van der Waals surface area contributed by atoms with Gasteiger partial charge in [0.15, 0.2) is 11.0 Å². The van der Waals surface area contributed by atoms with Gasteiger partial charge in [-0.05, 0) is 55.7 Å². The predicted molar refractivity (Wildman–Crippen MR) is 122 cm³/mol. The van der Waals surface area contributed by atoms with Crippen LogP contribution in [0, 0.1) is 0 Å². The lowest BCUT2D eigenvalue weighted by atomic mass is 10.3. The minimum atomic E-state index is 0.895. The third-order valence-electron chi connectivity index (χ3n) is 5.37. The Morgan fingerprint density at radius 2 is 2.00 bits per heavy atom. The van der Waals surface area contributed by atoms with Crippen molar-refractivity contribution in [2.75, 3.05) is 11.4 Å². The maximum Gasteiger partial charge on any atom is 0.282 e. The Kier molecular flexibility index (Phi) is 4.64. The van der Waals surface area contributed by atoms with E-state index in [1.54, 1.807) is 0 Å². The number of aromatic nitrogens is 4. The van der Waals surface area contributed by atoms with Crippen LogP contribution in [-0.2, 0) is 13.6 Å². The van der Waals surface area contributed by atoms with Gasteiger partial charge in [-0.3, -0.25) is 0 Å². The summed E-state index contributed by atoms with van der Waals surface area (Å²) in [4.78, 5) is 3.69. The first-order valence-corrected chi connectivity index (χ1v) is 11.4. The molecule has 5 nitrogen and oxygen atoms in total. The Bertz CT molecular complexity index is 1280. The van der Waals surface area contributed by atoms with Gasteiger partial charge in [-0.1, -0.05) is 34.5 Å². The summed E-state index contributed by atoms with van der Waals surface area (Å²) in [6, 6.07) is 12.8. The number of imidazole rings is 1. The maximum absolute atomic E-state index is 4.25. The molecule has 0 atom stereocenters. The molecule has 0 unspecified atom stereocenters. The second-order valence-electron chi connectivity index (χ2n) is 6.89. The van der Waals surface area contributed by atoms with Gasteiger partial charge in [0.25, 0.3) is 5.82 Å². The summed E-state index contributed by atoms with van der Waals surface area (Å²) in [6.45, 7) is 6.24. The van der Waals surface area contributed by atoms with Gasteiger partial charge < -0.3 is 4.90 Å². The predicted octanol–water partition coefficient (Wildman–Crippen LogP) is 4.98. The fourth-order valence-corrected chi connectivity index (χ4v) is 5.87. The number of hydrogen-bond donors (Lipinski definition) is 0. The van der Waals surface area contributed by atoms with E-state index in [1.165, 1.54) is 44.0 Å². The number of anilines is 1. The van der Waals surface area contributed by atoms with Crippen molar-refractivity contribution >= 4 is 56.3 Å². The second-order valence-corrected chi connectivity index (χ2v) is 8.71. The largest absolute Gasteiger partial charge is 0.335 e. The Labute approximate surface area is 178 Å². The third kappa shape index (κ3) is 2.88. The number of nitrogens with zero attached hydrogens (tertiary/aromatic N) is 5. The molecule has 0 spiro atoms. The highest BCUT2D eigenvalue weighted by Gasteiger charge is 2.24. The average Bonchev–Trinajstić information content (AvgIpc) is 3.42. The topological polar surface area (TPSA) is 37.8 Å². The number of thioether (sulfide) groups is 1. The Balaban J connectivity index is 1.56. The summed E-state index contributed by atoms with van der Waals surface area (Å²) >= 11 is 3.30. The molecule has 1 aliphatic rings. The van der Waals surface area contributed by atoms with Crippen molar-refractivity contribution in [3.05, 3.63) is 59.4 Å². The molecule has 0 amide bonds. The second kappa shape index (κ2) is 7.31. The molecule has 0 saturated carbocycles. The van der Waals surface area contributed by atoms with Crippen molar-refractivity contribution in [3.63, 3.8) is 0 Å². The van der Waals surface area contributed by atoms with Crippen LogP contribution in [-0.4, -0.2) is 20.7 Å². The van der Waals surface area contributed by atoms with Gasteiger partial charge in [-0.15, -0.1) is 5.10 Å². The van der Waals surface area contributed by atoms with Crippen molar-refractivity contribution in [3.8, 4) is 0 Å². The van der Waals surface area contributed by atoms with Crippen LogP contribution >= 0.6 is 23.3 Å². The summed E-state index contributed by atoms with van der Waals surface area (Å²) in [6.07, 6.45) is 6.59. The molecule has 146 valence electrons. The molecule has 0 saturated heterocycles. The first-order valence-electron chi connectivity index (χ1n) is 9.79. The van der Waals surface area contributed by atoms with Crippen LogP contribution in [0.4, 0.5) is 5.69 Å². The third-order valence-corrected chi connectivity index (χ3v) is 7.25. The van der Waals surface area contributed by atoms with Crippen LogP contribution in [0.1, 0.15) is 19.7 Å². The van der Waals surface area contributed by atoms with E-state index >= 15 is 0 Å². The van der Waals surface area contributed by atoms with Crippen molar-refractivity contribution in [2.24, 2.45) is 7.05 Å². The Morgan fingerprint density at radius 3 is 2.83 bits per heavy atom. The van der Waals surface area contributed by atoms with Gasteiger partial charge in [0.2, 0.25) is 0 Å². The molecule has 1 aliphatic heterocycles. The van der Waals surface area contributed by atoms with Gasteiger partial charge >= 0.3 is 0 Å². The molecule has 0 radical (unpaired) electrons. The highest BCUT2D eigenvalue weighted by molar-refractivity contribution is 8.03. The quantitative estimate of drug-likeness (QED) is 0.437. The lowest BCUT2D eigenvalue weighted by Gasteiger charge is -2.17. The van der Waals surface area contributed by atoms with Crippen molar-refractivity contribution in [1.82, 2.24) is 14.2 Å². The highest BCUT2D eigenvalue weighted by atomic mass is 32.2. The van der Waals surface area contributed by atoms with E-state index in [0.29, 0.717) is 0 Å². The first-order chi connectivity index (χ1) is 14.2. The van der Waals surface area contributed by atoms with Crippen LogP contribution in [0.3, 0.4) is 0 Å². The van der Waals surface area contributed by atoms with Gasteiger partial charge in [0.1, 0.15) is 10.2 Å². The van der Waals surface area contributed by atoms with Gasteiger partial charge in [-0.2, -0.15) is 0 Å². The van der Waals surface area contributed by atoms with Crippen LogP contribution in [0.5, 0.6) is 0 Å². The standard InChI is InChI=1S/C22H22N5S2/c1-4-26-16-9-6-7-10-18(16)28-20(26)12-8-11-19-25(3)17-14-13-15-22(29-24-23-15)21(17)27(19)5-2/h6-14H,4-5H2,1-3H3/q+1. The lowest BCUT2D eigenvalue weighted by molar-refractivity contribution is -0.669. The first kappa shape index (κ1) is 18.4. The molecule has 0 aliphatic carbocycles. The molecule has 7 heteroatoms. The van der Waals surface area contributed by atoms with Gasteiger partial charge in [-0.25, -0.2) is 9.13 Å². The molecular weight excluding hydrogens is 398 g/mol. The number of aryl methyl sites for hydroxylation is 2. The molecule has 2 aromatic heterocycles. The number of rotatable bonds is 4. The van der Waals surface area contributed by atoms with Crippen LogP contribution in [0.25, 0.3) is 27.3 Å². The van der Waals surface area contributed by atoms with E-state index in [1.807, 2.05) is 11.8 Å². The fraction of sp³-hybridized carbons (Fsp3) is 0.227. The average molecular weight is 421 g/mol. The number of allylic oxidation sites excluding steroid dienone is 2. The van der Waals surface area contributed by atoms with E-state index in [0.717, 1.165) is 23.3 Å². The molecule has 0 fully saturated rings. The summed E-state index contributed by atoms with van der Waals surface area (Å²) in [7, 11) is 2.13. The summed E-state index contributed by atoms with van der Waals surface area (Å²) < 4.78 is 9.90. The molecule has 3 heterocycles. The minimum absolute atomic E-state index is 0.895. The van der Waals surface area contributed by atoms with E-state index in [-0.39, 0.29) is 0 Å². The Hall–Kier alpha value is -2.64. The van der Waals surface area contributed by atoms with E-state index in [9.17, 15) is 0 Å². The monoisotopic (exact) mass is 420 g/mol. The van der Waals surface area contributed by atoms with Crippen LogP contribution < -0.4 is 9.47 Å². The zero-order valence-corrected chi connectivity index (χ0v) is 18.3. The normalized spacial score (nSPS) is 15.4. The summed E-state index contributed by atoms with van der Waals surface area (Å²) in [5.41, 5.74) is 4.68. The highest BCUT2D eigenvalue weighted by Crippen LogP contribution is 2.45. The summed E-state index contributed by atoms with van der Waals surface area (Å²) in [5.74, 6) is 1.17. The van der Waals surface area contributed by atoms with E-state index in [2.05, 4.69) is 99.1 Å². The van der Waals surface area contributed by atoms with Crippen molar-refractivity contribution in [1.29, 1.82) is 0 Å². The summed E-state index contributed by atoms with van der Waals surface area (Å²) in [5, 5.41) is 5.51. The number of para-hydroxylation sites is 1. The number of hydrogen-bond acceptors (Lipinski definition) is 5. The van der Waals surface area contributed by atoms with Gasteiger partial charge in [0.05, 0.1) is 24.3 Å². The zero-order chi connectivity index (χ0) is 20.0. The molecule has 5 rings (SSSR count). The lowest BCUT2D eigenvalue weighted by Crippen LogP contribution is -2.35. The fourth-order valence-electron chi connectivity index (χ4n) is 4.02. The van der Waals surface area contributed by atoms with E-state index < -0.39 is 0 Å².